The fraction of sp³-hybridized carbons (Fsp3) is 0.867. The number of nitrogens with one attached hydrogen (secondary N) is 1. The molecule has 0 aliphatic rings. The molecule has 0 aromatic heterocycles. The summed E-state index contributed by atoms with van der Waals surface area (Å²) in [6.45, 7) is 12.0. The quantitative estimate of drug-likeness (QED) is 0.0696. The van der Waals surface area contributed by atoms with Gasteiger partial charge in [-0.05, 0) is 37.7 Å². The van der Waals surface area contributed by atoms with Crippen molar-refractivity contribution in [1.82, 2.24) is 0 Å². The van der Waals surface area contributed by atoms with E-state index >= 15 is 0 Å². The van der Waals surface area contributed by atoms with Crippen molar-refractivity contribution >= 4 is 5.69 Å². The van der Waals surface area contributed by atoms with Gasteiger partial charge < -0.3 is 4.90 Å². The molecule has 0 heterocycles. The summed E-state index contributed by atoms with van der Waals surface area (Å²) < 4.78 is 0. The highest BCUT2D eigenvalue weighted by molar-refractivity contribution is 5.41. The number of hydrogen-bond donors (Lipinski definition) is 1. The topological polar surface area (TPSA) is 4.44 Å². The van der Waals surface area contributed by atoms with E-state index in [1.165, 1.54) is 219 Å². The first-order valence-electron chi connectivity index (χ1n) is 21.6. The molecule has 1 rings (SSSR count). The predicted octanol–water partition coefficient (Wildman–Crippen LogP) is 14.8. The summed E-state index contributed by atoms with van der Waals surface area (Å²) in [5.41, 5.74) is 3.17. The van der Waals surface area contributed by atoms with Crippen LogP contribution in [0.3, 0.4) is 0 Å². The average molecular weight is 641 g/mol. The molecule has 0 amide bonds. The molecule has 46 heavy (non-hydrogen) atoms. The van der Waals surface area contributed by atoms with Gasteiger partial charge in [0.15, 0.2) is 0 Å². The van der Waals surface area contributed by atoms with Crippen LogP contribution in [0.4, 0.5) is 5.69 Å². The summed E-state index contributed by atoms with van der Waals surface area (Å²) in [5.74, 6) is 0.614. The minimum Gasteiger partial charge on any atom is -0.302 e. The van der Waals surface area contributed by atoms with Crippen molar-refractivity contribution in [1.29, 1.82) is 0 Å². The Balaban J connectivity index is 2.13. The number of rotatable bonds is 36. The SMILES string of the molecule is CCCCCCCCCCCCCCCCCC[NH+](CCCCCCCCCCCCCCCCCC)c1ccccc1C(C)C. The number of unbranched alkanes of at least 4 members (excludes halogenated alkanes) is 30. The molecule has 0 aliphatic carbocycles. The molecule has 1 nitrogen and oxygen atoms in total. The van der Waals surface area contributed by atoms with Gasteiger partial charge in [-0.3, -0.25) is 0 Å². The second-order valence-corrected chi connectivity index (χ2v) is 15.5. The van der Waals surface area contributed by atoms with Crippen molar-refractivity contribution in [3.8, 4) is 0 Å². The van der Waals surface area contributed by atoms with Crippen LogP contribution in [-0.4, -0.2) is 13.1 Å². The summed E-state index contributed by atoms with van der Waals surface area (Å²) in [6, 6.07) is 9.35. The summed E-state index contributed by atoms with van der Waals surface area (Å²) in [4.78, 5) is 1.76. The van der Waals surface area contributed by atoms with Crippen molar-refractivity contribution in [3.05, 3.63) is 29.8 Å². The molecule has 0 saturated heterocycles. The van der Waals surface area contributed by atoms with Crippen LogP contribution in [0.2, 0.25) is 0 Å². The van der Waals surface area contributed by atoms with Crippen LogP contribution in [0.5, 0.6) is 0 Å². The Morgan fingerprint density at radius 2 is 0.630 bits per heavy atom. The minimum absolute atomic E-state index is 0.614. The third kappa shape index (κ3) is 26.2. The maximum atomic E-state index is 2.43. The van der Waals surface area contributed by atoms with E-state index in [0.717, 1.165) is 0 Å². The Bertz CT molecular complexity index is 687. The summed E-state index contributed by atoms with van der Waals surface area (Å²) in [6.07, 6.45) is 46.4. The van der Waals surface area contributed by atoms with E-state index in [0.29, 0.717) is 5.92 Å². The van der Waals surface area contributed by atoms with Gasteiger partial charge in [-0.2, -0.15) is 0 Å². The van der Waals surface area contributed by atoms with E-state index in [1.54, 1.807) is 16.2 Å². The molecule has 0 spiro atoms. The average Bonchev–Trinajstić information content (AvgIpc) is 3.06. The third-order valence-electron chi connectivity index (χ3n) is 10.6. The summed E-state index contributed by atoms with van der Waals surface area (Å²) in [7, 11) is 0. The highest BCUT2D eigenvalue weighted by Crippen LogP contribution is 2.21. The van der Waals surface area contributed by atoms with Crippen LogP contribution in [0.15, 0.2) is 24.3 Å². The monoisotopic (exact) mass is 641 g/mol. The van der Waals surface area contributed by atoms with Gasteiger partial charge >= 0.3 is 0 Å². The Kier molecular flexibility index (Phi) is 32.0. The van der Waals surface area contributed by atoms with Crippen LogP contribution >= 0.6 is 0 Å². The number of hydrogen-bond acceptors (Lipinski definition) is 0. The molecule has 0 saturated carbocycles. The molecule has 0 atom stereocenters. The lowest BCUT2D eigenvalue weighted by atomic mass is 9.99. The van der Waals surface area contributed by atoms with Crippen LogP contribution in [0.1, 0.15) is 245 Å². The van der Waals surface area contributed by atoms with Crippen LogP contribution in [0.25, 0.3) is 0 Å². The van der Waals surface area contributed by atoms with E-state index in [4.69, 9.17) is 0 Å². The van der Waals surface area contributed by atoms with Gasteiger partial charge in [0.1, 0.15) is 5.69 Å². The Morgan fingerprint density at radius 1 is 0.370 bits per heavy atom. The Morgan fingerprint density at radius 3 is 0.913 bits per heavy atom. The second-order valence-electron chi connectivity index (χ2n) is 15.5. The van der Waals surface area contributed by atoms with Crippen molar-refractivity contribution in [3.63, 3.8) is 0 Å². The predicted molar refractivity (Wildman–Crippen MR) is 210 cm³/mol. The van der Waals surface area contributed by atoms with Gasteiger partial charge in [-0.1, -0.05) is 226 Å². The van der Waals surface area contributed by atoms with E-state index in [-0.39, 0.29) is 0 Å². The molecule has 1 N–H and O–H groups in total. The molecule has 1 heteroatoms. The molecule has 270 valence electrons. The van der Waals surface area contributed by atoms with Gasteiger partial charge in [0.05, 0.1) is 13.1 Å². The second kappa shape index (κ2) is 34.1. The van der Waals surface area contributed by atoms with Crippen molar-refractivity contribution < 1.29 is 4.90 Å². The van der Waals surface area contributed by atoms with Crippen LogP contribution in [-0.2, 0) is 0 Å². The van der Waals surface area contributed by atoms with Gasteiger partial charge in [-0.15, -0.1) is 0 Å². The summed E-state index contributed by atoms with van der Waals surface area (Å²) >= 11 is 0. The first-order chi connectivity index (χ1) is 22.7. The highest BCUT2D eigenvalue weighted by Gasteiger charge is 2.17. The Labute approximate surface area is 291 Å². The molecular formula is C45H86N+. The third-order valence-corrected chi connectivity index (χ3v) is 10.6. The fourth-order valence-corrected chi connectivity index (χ4v) is 7.49. The fourth-order valence-electron chi connectivity index (χ4n) is 7.49. The largest absolute Gasteiger partial charge is 0.302 e. The minimum atomic E-state index is 0.614. The van der Waals surface area contributed by atoms with E-state index < -0.39 is 0 Å². The molecule has 0 fully saturated rings. The lowest BCUT2D eigenvalue weighted by Gasteiger charge is -2.23. The molecule has 1 aromatic rings. The van der Waals surface area contributed by atoms with Gasteiger partial charge in [0.2, 0.25) is 0 Å². The molecule has 0 bridgehead atoms. The van der Waals surface area contributed by atoms with Crippen molar-refractivity contribution in [2.45, 2.75) is 239 Å². The molecule has 0 unspecified atom stereocenters. The van der Waals surface area contributed by atoms with Gasteiger partial charge in [0, 0.05) is 5.56 Å². The normalized spacial score (nSPS) is 11.8. The van der Waals surface area contributed by atoms with Crippen LogP contribution < -0.4 is 4.90 Å². The molecule has 0 radical (unpaired) electrons. The zero-order valence-corrected chi connectivity index (χ0v) is 32.4. The van der Waals surface area contributed by atoms with E-state index in [2.05, 4.69) is 52.0 Å². The zero-order chi connectivity index (χ0) is 33.2. The molecule has 1 aromatic carbocycles. The number of benzene rings is 1. The maximum Gasteiger partial charge on any atom is 0.134 e. The lowest BCUT2D eigenvalue weighted by molar-refractivity contribution is -0.833. The maximum absolute atomic E-state index is 2.43. The first-order valence-corrected chi connectivity index (χ1v) is 21.6. The van der Waals surface area contributed by atoms with Crippen molar-refractivity contribution in [2.75, 3.05) is 13.1 Å². The standard InChI is InChI=1S/C45H85N/c1-5-7-9-11-13-15-17-19-21-23-25-27-29-31-33-37-41-46(45-40-36-35-39-44(45)43(3)4)42-38-34-32-30-28-26-24-22-20-18-16-14-12-10-8-6-2/h35-36,39-40,43H,5-34,37-38,41-42H2,1-4H3/p+1. The van der Waals surface area contributed by atoms with Gasteiger partial charge in [-0.25, -0.2) is 0 Å². The van der Waals surface area contributed by atoms with E-state index in [9.17, 15) is 0 Å². The first kappa shape index (κ1) is 43.2. The number of para-hydroxylation sites is 1. The lowest BCUT2D eigenvalue weighted by Crippen LogP contribution is -3.07. The van der Waals surface area contributed by atoms with Gasteiger partial charge in [0.25, 0.3) is 0 Å². The Hall–Kier alpha value is -0.820. The van der Waals surface area contributed by atoms with Crippen LogP contribution in [0, 0.1) is 0 Å². The molecular weight excluding hydrogens is 555 g/mol. The number of quaternary nitrogens is 1. The summed E-state index contributed by atoms with van der Waals surface area (Å²) in [5, 5.41) is 0. The smallest absolute Gasteiger partial charge is 0.134 e. The van der Waals surface area contributed by atoms with E-state index in [1.807, 2.05) is 0 Å². The zero-order valence-electron chi connectivity index (χ0n) is 32.4. The van der Waals surface area contributed by atoms with Crippen molar-refractivity contribution in [2.24, 2.45) is 0 Å². The molecule has 0 aliphatic heterocycles. The highest BCUT2D eigenvalue weighted by atomic mass is 15.1.